The van der Waals surface area contributed by atoms with Crippen molar-refractivity contribution in [1.82, 2.24) is 9.38 Å². The first kappa shape index (κ1) is 15.9. The molecule has 0 saturated heterocycles. The van der Waals surface area contributed by atoms with Gasteiger partial charge in [0.15, 0.2) is 0 Å². The number of hydrogen-bond acceptors (Lipinski definition) is 3. The van der Waals surface area contributed by atoms with Crippen molar-refractivity contribution in [2.24, 2.45) is 0 Å². The molecule has 0 radical (unpaired) electrons. The molecule has 26 heavy (non-hydrogen) atoms. The Morgan fingerprint density at radius 2 is 1.81 bits per heavy atom. The standard InChI is InChI=1S/C21H17N3O2/c1-26-17-11-7-10-16(14-17)19-20(24-13-6-5-12-18(24)22-19)23-21(25)15-8-3-2-4-9-15/h2-14H,1H3,(H,23,25). The molecule has 128 valence electrons. The summed E-state index contributed by atoms with van der Waals surface area (Å²) in [6.07, 6.45) is 1.88. The van der Waals surface area contributed by atoms with Gasteiger partial charge in [-0.15, -0.1) is 0 Å². The van der Waals surface area contributed by atoms with Crippen molar-refractivity contribution in [1.29, 1.82) is 0 Å². The molecule has 0 atom stereocenters. The number of carbonyl (C=O) groups is 1. The number of fused-ring (bicyclic) bond motifs is 1. The van der Waals surface area contributed by atoms with Crippen LogP contribution in [0.15, 0.2) is 79.0 Å². The molecular formula is C21H17N3O2. The number of methoxy groups -OCH3 is 1. The molecule has 0 bridgehead atoms. The number of imidazole rings is 1. The van der Waals surface area contributed by atoms with Gasteiger partial charge in [-0.2, -0.15) is 0 Å². The van der Waals surface area contributed by atoms with Gasteiger partial charge in [0.2, 0.25) is 0 Å². The monoisotopic (exact) mass is 343 g/mol. The summed E-state index contributed by atoms with van der Waals surface area (Å²) in [5, 5.41) is 3.01. The molecule has 0 aliphatic rings. The van der Waals surface area contributed by atoms with E-state index < -0.39 is 0 Å². The molecule has 5 nitrogen and oxygen atoms in total. The first-order valence-corrected chi connectivity index (χ1v) is 8.24. The molecule has 0 spiro atoms. The minimum absolute atomic E-state index is 0.180. The van der Waals surface area contributed by atoms with E-state index in [0.29, 0.717) is 17.1 Å². The van der Waals surface area contributed by atoms with Crippen LogP contribution in [0, 0.1) is 0 Å². The Bertz CT molecular complexity index is 1070. The van der Waals surface area contributed by atoms with Crippen molar-refractivity contribution in [3.63, 3.8) is 0 Å². The van der Waals surface area contributed by atoms with Crippen LogP contribution in [0.1, 0.15) is 10.4 Å². The lowest BCUT2D eigenvalue weighted by Crippen LogP contribution is -2.13. The predicted molar refractivity (Wildman–Crippen MR) is 102 cm³/mol. The molecule has 0 saturated carbocycles. The molecule has 2 aromatic heterocycles. The largest absolute Gasteiger partial charge is 0.497 e. The highest BCUT2D eigenvalue weighted by Gasteiger charge is 2.17. The van der Waals surface area contributed by atoms with Gasteiger partial charge in [-0.25, -0.2) is 4.98 Å². The summed E-state index contributed by atoms with van der Waals surface area (Å²) < 4.78 is 7.19. The van der Waals surface area contributed by atoms with Crippen LogP contribution in [-0.4, -0.2) is 22.4 Å². The lowest BCUT2D eigenvalue weighted by atomic mass is 10.1. The summed E-state index contributed by atoms with van der Waals surface area (Å²) in [6.45, 7) is 0. The Labute approximate surface area is 150 Å². The van der Waals surface area contributed by atoms with Crippen LogP contribution in [-0.2, 0) is 0 Å². The molecule has 4 aromatic rings. The van der Waals surface area contributed by atoms with Crippen LogP contribution in [0.2, 0.25) is 0 Å². The van der Waals surface area contributed by atoms with Gasteiger partial charge in [-0.1, -0.05) is 36.4 Å². The van der Waals surface area contributed by atoms with Gasteiger partial charge >= 0.3 is 0 Å². The number of benzene rings is 2. The van der Waals surface area contributed by atoms with Crippen LogP contribution in [0.25, 0.3) is 16.9 Å². The number of aromatic nitrogens is 2. The van der Waals surface area contributed by atoms with Crippen LogP contribution in [0.3, 0.4) is 0 Å². The smallest absolute Gasteiger partial charge is 0.256 e. The summed E-state index contributed by atoms with van der Waals surface area (Å²) in [7, 11) is 1.63. The molecule has 2 aromatic carbocycles. The van der Waals surface area contributed by atoms with Gasteiger partial charge in [0.1, 0.15) is 22.9 Å². The molecule has 1 amide bonds. The highest BCUT2D eigenvalue weighted by atomic mass is 16.5. The van der Waals surface area contributed by atoms with E-state index in [1.54, 1.807) is 19.2 Å². The fourth-order valence-corrected chi connectivity index (χ4v) is 2.86. The molecule has 2 heterocycles. The van der Waals surface area contributed by atoms with Crippen molar-refractivity contribution in [3.05, 3.63) is 84.6 Å². The van der Waals surface area contributed by atoms with Crippen molar-refractivity contribution in [3.8, 4) is 17.0 Å². The van der Waals surface area contributed by atoms with E-state index in [0.717, 1.165) is 17.0 Å². The topological polar surface area (TPSA) is 55.6 Å². The molecule has 0 unspecified atom stereocenters. The third kappa shape index (κ3) is 2.91. The van der Waals surface area contributed by atoms with E-state index >= 15 is 0 Å². The van der Waals surface area contributed by atoms with Gasteiger partial charge in [0, 0.05) is 17.3 Å². The van der Waals surface area contributed by atoms with Crippen LogP contribution in [0.4, 0.5) is 5.82 Å². The number of amides is 1. The van der Waals surface area contributed by atoms with E-state index in [1.165, 1.54) is 0 Å². The Morgan fingerprint density at radius 1 is 1.00 bits per heavy atom. The molecular weight excluding hydrogens is 326 g/mol. The van der Waals surface area contributed by atoms with Gasteiger partial charge < -0.3 is 10.1 Å². The number of rotatable bonds is 4. The number of ether oxygens (including phenoxy) is 1. The Kier molecular flexibility index (Phi) is 4.11. The number of nitrogens with zero attached hydrogens (tertiary/aromatic N) is 2. The SMILES string of the molecule is COc1cccc(-c2nc3ccccn3c2NC(=O)c2ccccc2)c1. The average Bonchev–Trinajstić information content (AvgIpc) is 3.07. The lowest BCUT2D eigenvalue weighted by Gasteiger charge is -2.08. The highest BCUT2D eigenvalue weighted by molar-refractivity contribution is 6.05. The quantitative estimate of drug-likeness (QED) is 0.602. The van der Waals surface area contributed by atoms with Gasteiger partial charge in [0.25, 0.3) is 5.91 Å². The van der Waals surface area contributed by atoms with E-state index in [-0.39, 0.29) is 5.91 Å². The van der Waals surface area contributed by atoms with Gasteiger partial charge in [-0.3, -0.25) is 9.20 Å². The number of nitrogens with one attached hydrogen (secondary N) is 1. The third-order valence-corrected chi connectivity index (χ3v) is 4.14. The molecule has 5 heteroatoms. The van der Waals surface area contributed by atoms with E-state index in [2.05, 4.69) is 5.32 Å². The van der Waals surface area contributed by atoms with Crippen molar-refractivity contribution < 1.29 is 9.53 Å². The first-order valence-electron chi connectivity index (χ1n) is 8.24. The minimum atomic E-state index is -0.180. The maximum Gasteiger partial charge on any atom is 0.256 e. The zero-order valence-corrected chi connectivity index (χ0v) is 14.2. The summed E-state index contributed by atoms with van der Waals surface area (Å²) in [5.41, 5.74) is 2.92. The Balaban J connectivity index is 1.83. The first-order chi connectivity index (χ1) is 12.8. The zero-order valence-electron chi connectivity index (χ0n) is 14.2. The Hall–Kier alpha value is -3.60. The number of hydrogen-bond donors (Lipinski definition) is 1. The zero-order chi connectivity index (χ0) is 17.9. The number of anilines is 1. The van der Waals surface area contributed by atoms with Crippen molar-refractivity contribution >= 4 is 17.4 Å². The number of pyridine rings is 1. The van der Waals surface area contributed by atoms with Crippen molar-refractivity contribution in [2.45, 2.75) is 0 Å². The maximum absolute atomic E-state index is 12.7. The predicted octanol–water partition coefficient (Wildman–Crippen LogP) is 4.26. The van der Waals surface area contributed by atoms with Crippen molar-refractivity contribution in [2.75, 3.05) is 12.4 Å². The van der Waals surface area contributed by atoms with E-state index in [9.17, 15) is 4.79 Å². The molecule has 0 aliphatic carbocycles. The lowest BCUT2D eigenvalue weighted by molar-refractivity contribution is 0.102. The summed E-state index contributed by atoms with van der Waals surface area (Å²) in [6, 6.07) is 22.5. The third-order valence-electron chi connectivity index (χ3n) is 4.14. The second-order valence-electron chi connectivity index (χ2n) is 5.79. The second kappa shape index (κ2) is 6.72. The summed E-state index contributed by atoms with van der Waals surface area (Å²) >= 11 is 0. The summed E-state index contributed by atoms with van der Waals surface area (Å²) in [4.78, 5) is 17.4. The summed E-state index contributed by atoms with van der Waals surface area (Å²) in [5.74, 6) is 1.18. The van der Waals surface area contributed by atoms with Crippen LogP contribution < -0.4 is 10.1 Å². The highest BCUT2D eigenvalue weighted by Crippen LogP contribution is 2.31. The normalized spacial score (nSPS) is 10.7. The second-order valence-corrected chi connectivity index (χ2v) is 5.79. The fraction of sp³-hybridized carbons (Fsp3) is 0.0476. The Morgan fingerprint density at radius 3 is 2.62 bits per heavy atom. The van der Waals surface area contributed by atoms with Crippen LogP contribution >= 0.6 is 0 Å². The van der Waals surface area contributed by atoms with Gasteiger partial charge in [0.05, 0.1) is 7.11 Å². The van der Waals surface area contributed by atoms with E-state index in [1.807, 2.05) is 71.3 Å². The molecule has 0 fully saturated rings. The van der Waals surface area contributed by atoms with Gasteiger partial charge in [-0.05, 0) is 36.4 Å². The minimum Gasteiger partial charge on any atom is -0.497 e. The molecule has 1 N–H and O–H groups in total. The van der Waals surface area contributed by atoms with E-state index in [4.69, 9.17) is 9.72 Å². The maximum atomic E-state index is 12.7. The number of carbonyl (C=O) groups excluding carboxylic acids is 1. The molecule has 0 aliphatic heterocycles. The fourth-order valence-electron chi connectivity index (χ4n) is 2.86. The van der Waals surface area contributed by atoms with Crippen LogP contribution in [0.5, 0.6) is 5.75 Å². The average molecular weight is 343 g/mol. The molecule has 4 rings (SSSR count).